The Morgan fingerprint density at radius 2 is 2.05 bits per heavy atom. The summed E-state index contributed by atoms with van der Waals surface area (Å²) >= 11 is 3.22. The van der Waals surface area contributed by atoms with Crippen molar-refractivity contribution >= 4 is 38.4 Å². The molecule has 0 fully saturated rings. The Morgan fingerprint density at radius 3 is 2.75 bits per heavy atom. The third kappa shape index (κ3) is 2.36. The van der Waals surface area contributed by atoms with Crippen molar-refractivity contribution in [2.75, 3.05) is 5.32 Å². The lowest BCUT2D eigenvalue weighted by atomic mass is 10.2. The second-order valence-corrected chi connectivity index (χ2v) is 5.55. The Hall–Kier alpha value is -2.01. The van der Waals surface area contributed by atoms with E-state index in [0.717, 1.165) is 27.8 Å². The normalized spacial score (nSPS) is 10.9. The summed E-state index contributed by atoms with van der Waals surface area (Å²) in [6.07, 6.45) is 0. The summed E-state index contributed by atoms with van der Waals surface area (Å²) in [6, 6.07) is 9.56. The molecule has 0 bridgehead atoms. The highest BCUT2D eigenvalue weighted by atomic mass is 79.9. The summed E-state index contributed by atoms with van der Waals surface area (Å²) in [7, 11) is 0. The standard InChI is InChI=1S/C15H13BrN2O2/c1-8-5-13(16)20-14(8)15(19)18-11-3-4-12-10(7-11)6-9(2)17-12/h3-7,17H,1-2H3,(H,18,19). The number of hydrogen-bond donors (Lipinski definition) is 2. The van der Waals surface area contributed by atoms with Crippen molar-refractivity contribution in [1.82, 2.24) is 4.98 Å². The molecule has 2 aromatic heterocycles. The minimum atomic E-state index is -0.250. The lowest BCUT2D eigenvalue weighted by Gasteiger charge is -2.04. The molecule has 0 saturated carbocycles. The Balaban J connectivity index is 1.88. The van der Waals surface area contributed by atoms with Gasteiger partial charge in [-0.3, -0.25) is 4.79 Å². The highest BCUT2D eigenvalue weighted by molar-refractivity contribution is 9.10. The van der Waals surface area contributed by atoms with Crippen LogP contribution >= 0.6 is 15.9 Å². The quantitative estimate of drug-likeness (QED) is 0.731. The van der Waals surface area contributed by atoms with Gasteiger partial charge >= 0.3 is 0 Å². The van der Waals surface area contributed by atoms with Gasteiger partial charge in [0.05, 0.1) is 0 Å². The molecule has 0 aliphatic heterocycles. The number of fused-ring (bicyclic) bond motifs is 1. The van der Waals surface area contributed by atoms with Crippen LogP contribution in [-0.4, -0.2) is 10.9 Å². The van der Waals surface area contributed by atoms with Gasteiger partial charge in [0.2, 0.25) is 0 Å². The van der Waals surface area contributed by atoms with Gasteiger partial charge in [-0.15, -0.1) is 0 Å². The largest absolute Gasteiger partial charge is 0.444 e. The molecule has 1 aromatic carbocycles. The second kappa shape index (κ2) is 4.83. The molecule has 0 spiro atoms. The monoisotopic (exact) mass is 332 g/mol. The lowest BCUT2D eigenvalue weighted by Crippen LogP contribution is -2.11. The van der Waals surface area contributed by atoms with Crippen LogP contribution in [0, 0.1) is 13.8 Å². The number of hydrogen-bond acceptors (Lipinski definition) is 2. The van der Waals surface area contributed by atoms with E-state index in [-0.39, 0.29) is 5.91 Å². The molecule has 0 unspecified atom stereocenters. The first kappa shape index (κ1) is 13.0. The van der Waals surface area contributed by atoms with Gasteiger partial charge in [0, 0.05) is 27.8 Å². The Labute approximate surface area is 124 Å². The van der Waals surface area contributed by atoms with Gasteiger partial charge in [-0.2, -0.15) is 0 Å². The van der Waals surface area contributed by atoms with Crippen molar-refractivity contribution in [3.63, 3.8) is 0 Å². The molecule has 1 amide bonds. The van der Waals surface area contributed by atoms with E-state index in [0.29, 0.717) is 10.4 Å². The molecule has 0 atom stereocenters. The van der Waals surface area contributed by atoms with Crippen LogP contribution in [0.2, 0.25) is 0 Å². The third-order valence-electron chi connectivity index (χ3n) is 3.11. The number of amides is 1. The van der Waals surface area contributed by atoms with Gasteiger partial charge in [-0.05, 0) is 60.1 Å². The molecule has 4 nitrogen and oxygen atoms in total. The minimum Gasteiger partial charge on any atom is -0.444 e. The summed E-state index contributed by atoms with van der Waals surface area (Å²) in [5.41, 5.74) is 3.69. The maximum Gasteiger partial charge on any atom is 0.291 e. The Bertz CT molecular complexity index is 801. The summed E-state index contributed by atoms with van der Waals surface area (Å²) in [6.45, 7) is 3.84. The molecule has 0 aliphatic carbocycles. The summed E-state index contributed by atoms with van der Waals surface area (Å²) in [5.74, 6) is 0.0713. The predicted octanol–water partition coefficient (Wildman–Crippen LogP) is 4.39. The number of halogens is 1. The van der Waals surface area contributed by atoms with Crippen molar-refractivity contribution in [3.05, 3.63) is 52.0 Å². The van der Waals surface area contributed by atoms with Crippen molar-refractivity contribution < 1.29 is 9.21 Å². The van der Waals surface area contributed by atoms with E-state index >= 15 is 0 Å². The zero-order chi connectivity index (χ0) is 14.3. The van der Waals surface area contributed by atoms with E-state index in [9.17, 15) is 4.79 Å². The SMILES string of the molecule is Cc1cc2cc(NC(=O)c3oc(Br)cc3C)ccc2[nH]1. The number of anilines is 1. The highest BCUT2D eigenvalue weighted by Gasteiger charge is 2.15. The Morgan fingerprint density at radius 1 is 1.25 bits per heavy atom. The summed E-state index contributed by atoms with van der Waals surface area (Å²) in [5, 5.41) is 3.91. The average Bonchev–Trinajstić information content (AvgIpc) is 2.90. The van der Waals surface area contributed by atoms with Crippen LogP contribution in [0.1, 0.15) is 21.8 Å². The van der Waals surface area contributed by atoms with E-state index in [1.807, 2.05) is 38.1 Å². The van der Waals surface area contributed by atoms with Crippen LogP contribution < -0.4 is 5.32 Å². The Kier molecular flexibility index (Phi) is 3.14. The predicted molar refractivity (Wildman–Crippen MR) is 82.1 cm³/mol. The van der Waals surface area contributed by atoms with Crippen LogP contribution in [0.25, 0.3) is 10.9 Å². The molecule has 102 valence electrons. The number of aromatic amines is 1. The van der Waals surface area contributed by atoms with Crippen LogP contribution in [0.5, 0.6) is 0 Å². The fraction of sp³-hybridized carbons (Fsp3) is 0.133. The molecule has 20 heavy (non-hydrogen) atoms. The van der Waals surface area contributed by atoms with E-state index in [1.165, 1.54) is 0 Å². The molecular formula is C15H13BrN2O2. The molecule has 2 heterocycles. The molecule has 0 aliphatic rings. The molecular weight excluding hydrogens is 320 g/mol. The van der Waals surface area contributed by atoms with Crippen molar-refractivity contribution in [2.45, 2.75) is 13.8 Å². The number of carbonyl (C=O) groups excluding carboxylic acids is 1. The van der Waals surface area contributed by atoms with Gasteiger partial charge in [0.25, 0.3) is 5.91 Å². The van der Waals surface area contributed by atoms with Crippen LogP contribution in [0.3, 0.4) is 0 Å². The van der Waals surface area contributed by atoms with Gasteiger partial charge in [-0.25, -0.2) is 0 Å². The first-order valence-corrected chi connectivity index (χ1v) is 6.99. The zero-order valence-electron chi connectivity index (χ0n) is 11.1. The van der Waals surface area contributed by atoms with Crippen LogP contribution in [0.4, 0.5) is 5.69 Å². The topological polar surface area (TPSA) is 58.0 Å². The fourth-order valence-corrected chi connectivity index (χ4v) is 2.72. The molecule has 5 heteroatoms. The van der Waals surface area contributed by atoms with E-state index < -0.39 is 0 Å². The maximum atomic E-state index is 12.2. The number of carbonyl (C=O) groups is 1. The first-order valence-electron chi connectivity index (χ1n) is 6.19. The summed E-state index contributed by atoms with van der Waals surface area (Å²) in [4.78, 5) is 15.4. The number of H-pyrrole nitrogens is 1. The number of aromatic nitrogens is 1. The smallest absolute Gasteiger partial charge is 0.291 e. The van der Waals surface area contributed by atoms with Crippen LogP contribution in [0.15, 0.2) is 39.4 Å². The van der Waals surface area contributed by atoms with Gasteiger partial charge in [0.1, 0.15) is 0 Å². The molecule has 3 rings (SSSR count). The number of aryl methyl sites for hydroxylation is 2. The second-order valence-electron chi connectivity index (χ2n) is 4.77. The van der Waals surface area contributed by atoms with Gasteiger partial charge < -0.3 is 14.7 Å². The average molecular weight is 333 g/mol. The minimum absolute atomic E-state index is 0.250. The third-order valence-corrected chi connectivity index (χ3v) is 3.50. The number of nitrogens with one attached hydrogen (secondary N) is 2. The molecule has 0 saturated heterocycles. The van der Waals surface area contributed by atoms with Gasteiger partial charge in [-0.1, -0.05) is 0 Å². The van der Waals surface area contributed by atoms with Crippen molar-refractivity contribution in [2.24, 2.45) is 0 Å². The van der Waals surface area contributed by atoms with E-state index in [1.54, 1.807) is 6.07 Å². The molecule has 2 N–H and O–H groups in total. The zero-order valence-corrected chi connectivity index (χ0v) is 12.7. The lowest BCUT2D eigenvalue weighted by molar-refractivity contribution is 0.0994. The number of furan rings is 1. The van der Waals surface area contributed by atoms with Crippen molar-refractivity contribution in [1.29, 1.82) is 0 Å². The summed E-state index contributed by atoms with van der Waals surface area (Å²) < 4.78 is 5.89. The van der Waals surface area contributed by atoms with Crippen molar-refractivity contribution in [3.8, 4) is 0 Å². The van der Waals surface area contributed by atoms with E-state index in [4.69, 9.17) is 4.42 Å². The first-order chi connectivity index (χ1) is 9.52. The highest BCUT2D eigenvalue weighted by Crippen LogP contribution is 2.23. The fourth-order valence-electron chi connectivity index (χ4n) is 2.21. The molecule has 3 aromatic rings. The number of benzene rings is 1. The van der Waals surface area contributed by atoms with E-state index in [2.05, 4.69) is 26.2 Å². The van der Waals surface area contributed by atoms with Gasteiger partial charge in [0.15, 0.2) is 10.4 Å². The molecule has 0 radical (unpaired) electrons. The number of rotatable bonds is 2. The maximum absolute atomic E-state index is 12.2. The van der Waals surface area contributed by atoms with Crippen LogP contribution in [-0.2, 0) is 0 Å².